The third-order valence-corrected chi connectivity index (χ3v) is 4.91. The van der Waals surface area contributed by atoms with Crippen molar-refractivity contribution in [2.45, 2.75) is 76.9 Å². The minimum absolute atomic E-state index is 0.168. The van der Waals surface area contributed by atoms with Crippen LogP contribution in [0.4, 0.5) is 17.6 Å². The van der Waals surface area contributed by atoms with Crippen LogP contribution >= 0.6 is 0 Å². The molecule has 2 saturated carbocycles. The second-order valence-corrected chi connectivity index (χ2v) is 6.62. The molecule has 0 aromatic heterocycles. The highest BCUT2D eigenvalue weighted by Crippen LogP contribution is 2.42. The van der Waals surface area contributed by atoms with Crippen LogP contribution in [-0.2, 0) is 4.74 Å². The number of halogens is 4. The van der Waals surface area contributed by atoms with E-state index in [0.717, 1.165) is 12.8 Å². The maximum absolute atomic E-state index is 14.1. The Hall–Kier alpha value is -0.320. The van der Waals surface area contributed by atoms with E-state index in [0.29, 0.717) is 25.2 Å². The van der Waals surface area contributed by atoms with Crippen LogP contribution in [-0.4, -0.2) is 24.6 Å². The summed E-state index contributed by atoms with van der Waals surface area (Å²) < 4.78 is 60.4. The van der Waals surface area contributed by atoms with Crippen molar-refractivity contribution in [3.8, 4) is 0 Å². The van der Waals surface area contributed by atoms with Crippen molar-refractivity contribution in [3.63, 3.8) is 0 Å². The lowest BCUT2D eigenvalue weighted by Crippen LogP contribution is -2.47. The van der Waals surface area contributed by atoms with Gasteiger partial charge in [-0.3, -0.25) is 0 Å². The van der Waals surface area contributed by atoms with Gasteiger partial charge in [-0.2, -0.15) is 8.78 Å². The van der Waals surface area contributed by atoms with Crippen LogP contribution in [0.5, 0.6) is 0 Å². The second kappa shape index (κ2) is 6.20. The van der Waals surface area contributed by atoms with Gasteiger partial charge in [-0.1, -0.05) is 26.7 Å². The van der Waals surface area contributed by atoms with Crippen LogP contribution in [0.2, 0.25) is 0 Å². The van der Waals surface area contributed by atoms with Crippen LogP contribution in [0, 0.1) is 17.8 Å². The molecule has 4 atom stereocenters. The summed E-state index contributed by atoms with van der Waals surface area (Å²) in [5.74, 6) is -0.820. The Labute approximate surface area is 118 Å². The molecule has 0 aromatic rings. The topological polar surface area (TPSA) is 9.23 Å². The molecule has 0 aliphatic heterocycles. The van der Waals surface area contributed by atoms with E-state index in [1.165, 1.54) is 0 Å². The number of alkyl halides is 4. The molecule has 0 N–H and O–H groups in total. The minimum atomic E-state index is -3.34. The Morgan fingerprint density at radius 1 is 0.850 bits per heavy atom. The van der Waals surface area contributed by atoms with Gasteiger partial charge in [0.05, 0.1) is 12.0 Å². The molecule has 2 aliphatic rings. The van der Waals surface area contributed by atoms with Gasteiger partial charge in [0.1, 0.15) is 6.17 Å². The second-order valence-electron chi connectivity index (χ2n) is 6.62. The molecule has 0 saturated heterocycles. The summed E-state index contributed by atoms with van der Waals surface area (Å²) in [5, 5.41) is 0. The average Bonchev–Trinajstić information content (AvgIpc) is 2.40. The molecule has 0 heterocycles. The number of hydrogen-bond donors (Lipinski definition) is 0. The van der Waals surface area contributed by atoms with Crippen molar-refractivity contribution < 1.29 is 22.3 Å². The first-order valence-electron chi connectivity index (χ1n) is 7.65. The molecule has 0 radical (unpaired) electrons. The zero-order valence-electron chi connectivity index (χ0n) is 12.1. The maximum atomic E-state index is 14.1. The molecular formula is C15H24F4O. The predicted molar refractivity (Wildman–Crippen MR) is 69.1 cm³/mol. The average molecular weight is 296 g/mol. The zero-order chi connectivity index (χ0) is 14.9. The van der Waals surface area contributed by atoms with Crippen molar-refractivity contribution in [2.75, 3.05) is 0 Å². The Balaban J connectivity index is 1.94. The summed E-state index contributed by atoms with van der Waals surface area (Å²) in [6.45, 7) is 3.65. The van der Waals surface area contributed by atoms with Gasteiger partial charge in [0.25, 0.3) is 0 Å². The van der Waals surface area contributed by atoms with Gasteiger partial charge in [0.15, 0.2) is 6.17 Å². The van der Waals surface area contributed by atoms with E-state index in [2.05, 4.69) is 0 Å². The standard InChI is InChI=1S/C15H24F4O/c1-9-3-6-11(7-4-9)15(18,19)20-12-8-5-10(2)13(16)14(12)17/h9-14H,3-8H2,1-2H3. The van der Waals surface area contributed by atoms with E-state index in [4.69, 9.17) is 4.74 Å². The lowest BCUT2D eigenvalue weighted by Gasteiger charge is -2.38. The van der Waals surface area contributed by atoms with Crippen molar-refractivity contribution in [1.29, 1.82) is 0 Å². The lowest BCUT2D eigenvalue weighted by atomic mass is 9.82. The van der Waals surface area contributed by atoms with Gasteiger partial charge >= 0.3 is 6.11 Å². The lowest BCUT2D eigenvalue weighted by molar-refractivity contribution is -0.312. The fourth-order valence-electron chi connectivity index (χ4n) is 3.28. The monoisotopic (exact) mass is 296 g/mol. The first-order chi connectivity index (χ1) is 9.31. The summed E-state index contributed by atoms with van der Waals surface area (Å²) in [6.07, 6.45) is -5.44. The van der Waals surface area contributed by atoms with Crippen molar-refractivity contribution in [2.24, 2.45) is 17.8 Å². The highest BCUT2D eigenvalue weighted by Gasteiger charge is 2.48. The highest BCUT2D eigenvalue weighted by atomic mass is 19.3. The summed E-state index contributed by atoms with van der Waals surface area (Å²) >= 11 is 0. The number of ether oxygens (including phenoxy) is 1. The van der Waals surface area contributed by atoms with Crippen LogP contribution in [0.1, 0.15) is 52.4 Å². The Morgan fingerprint density at radius 3 is 2.05 bits per heavy atom. The van der Waals surface area contributed by atoms with Gasteiger partial charge in [0.2, 0.25) is 0 Å². The van der Waals surface area contributed by atoms with E-state index >= 15 is 0 Å². The first kappa shape index (κ1) is 16.1. The minimum Gasteiger partial charge on any atom is -0.314 e. The fraction of sp³-hybridized carbons (Fsp3) is 1.00. The quantitative estimate of drug-likeness (QED) is 0.673. The molecular weight excluding hydrogens is 272 g/mol. The van der Waals surface area contributed by atoms with Gasteiger partial charge < -0.3 is 4.74 Å². The third-order valence-electron chi connectivity index (χ3n) is 4.91. The molecule has 2 aliphatic carbocycles. The van der Waals surface area contributed by atoms with E-state index in [1.54, 1.807) is 6.92 Å². The van der Waals surface area contributed by atoms with Gasteiger partial charge in [-0.15, -0.1) is 0 Å². The molecule has 0 bridgehead atoms. The molecule has 118 valence electrons. The summed E-state index contributed by atoms with van der Waals surface area (Å²) in [6, 6.07) is 0. The molecule has 2 fully saturated rings. The van der Waals surface area contributed by atoms with Crippen molar-refractivity contribution >= 4 is 0 Å². The van der Waals surface area contributed by atoms with E-state index < -0.39 is 36.4 Å². The normalized spacial score (nSPS) is 43.5. The SMILES string of the molecule is CC1CCC(C(F)(F)OC2CCC(C)C(F)C2F)CC1. The number of rotatable bonds is 3. The summed E-state index contributed by atoms with van der Waals surface area (Å²) in [4.78, 5) is 0. The fourth-order valence-corrected chi connectivity index (χ4v) is 3.28. The largest absolute Gasteiger partial charge is 0.358 e. The van der Waals surface area contributed by atoms with Crippen LogP contribution in [0.25, 0.3) is 0 Å². The van der Waals surface area contributed by atoms with Gasteiger partial charge in [-0.05, 0) is 37.5 Å². The molecule has 1 nitrogen and oxygen atoms in total. The third kappa shape index (κ3) is 3.46. The van der Waals surface area contributed by atoms with Crippen LogP contribution in [0.3, 0.4) is 0 Å². The van der Waals surface area contributed by atoms with Gasteiger partial charge in [0, 0.05) is 0 Å². The number of hydrogen-bond acceptors (Lipinski definition) is 1. The predicted octanol–water partition coefficient (Wildman–Crippen LogP) is 4.90. The molecule has 20 heavy (non-hydrogen) atoms. The molecule has 2 rings (SSSR count). The van der Waals surface area contributed by atoms with Gasteiger partial charge in [-0.25, -0.2) is 8.78 Å². The molecule has 0 aromatic carbocycles. The summed E-state index contributed by atoms with van der Waals surface area (Å²) in [7, 11) is 0. The molecule has 5 heteroatoms. The van der Waals surface area contributed by atoms with E-state index in [9.17, 15) is 17.6 Å². The van der Waals surface area contributed by atoms with Crippen molar-refractivity contribution in [1.82, 2.24) is 0 Å². The summed E-state index contributed by atoms with van der Waals surface area (Å²) in [5.41, 5.74) is 0. The van der Waals surface area contributed by atoms with Crippen LogP contribution < -0.4 is 0 Å². The first-order valence-corrected chi connectivity index (χ1v) is 7.65. The highest BCUT2D eigenvalue weighted by molar-refractivity contribution is 4.88. The Bertz CT molecular complexity index is 315. The Kier molecular flexibility index (Phi) is 4.98. The Morgan fingerprint density at radius 2 is 1.45 bits per heavy atom. The maximum Gasteiger partial charge on any atom is 0.358 e. The smallest absolute Gasteiger partial charge is 0.314 e. The van der Waals surface area contributed by atoms with E-state index in [-0.39, 0.29) is 6.42 Å². The van der Waals surface area contributed by atoms with E-state index in [1.807, 2.05) is 6.92 Å². The molecule has 0 spiro atoms. The van der Waals surface area contributed by atoms with Crippen LogP contribution in [0.15, 0.2) is 0 Å². The molecule has 4 unspecified atom stereocenters. The zero-order valence-corrected chi connectivity index (χ0v) is 12.1. The van der Waals surface area contributed by atoms with Crippen molar-refractivity contribution in [3.05, 3.63) is 0 Å². The molecule has 0 amide bonds.